The topological polar surface area (TPSA) is 151 Å². The molecule has 1 atom stereocenters. The smallest absolute Gasteiger partial charge is 0.274 e. The van der Waals surface area contributed by atoms with Crippen LogP contribution in [0.1, 0.15) is 44.0 Å². The van der Waals surface area contributed by atoms with Crippen LogP contribution in [0.3, 0.4) is 0 Å². The molecule has 30 heavy (non-hydrogen) atoms. The molecule has 0 bridgehead atoms. The first kappa shape index (κ1) is 19.8. The van der Waals surface area contributed by atoms with Gasteiger partial charge in [-0.15, -0.1) is 5.10 Å². The van der Waals surface area contributed by atoms with E-state index < -0.39 is 35.6 Å². The molecule has 0 saturated carbocycles. The number of rotatable bonds is 4. The molecule has 4 rings (SSSR count). The second kappa shape index (κ2) is 7.37. The van der Waals surface area contributed by atoms with E-state index in [1.807, 2.05) is 0 Å². The van der Waals surface area contributed by atoms with E-state index in [0.29, 0.717) is 4.47 Å². The van der Waals surface area contributed by atoms with Gasteiger partial charge in [-0.3, -0.25) is 39.3 Å². The summed E-state index contributed by atoms with van der Waals surface area (Å²) in [7, 11) is 1.40. The maximum atomic E-state index is 12.8. The predicted molar refractivity (Wildman–Crippen MR) is 104 cm³/mol. The number of halogens is 1. The molecule has 0 aliphatic carbocycles. The van der Waals surface area contributed by atoms with Crippen molar-refractivity contribution in [1.82, 2.24) is 20.4 Å². The highest BCUT2D eigenvalue weighted by molar-refractivity contribution is 9.10. The fourth-order valence-electron chi connectivity index (χ4n) is 3.34. The Balaban J connectivity index is 1.57. The van der Waals surface area contributed by atoms with Gasteiger partial charge in [-0.1, -0.05) is 0 Å². The monoisotopic (exact) mass is 475 g/mol. The van der Waals surface area contributed by atoms with Crippen LogP contribution in [0.25, 0.3) is 0 Å². The van der Waals surface area contributed by atoms with Crippen LogP contribution in [-0.2, 0) is 9.59 Å². The molecule has 1 saturated heterocycles. The van der Waals surface area contributed by atoms with E-state index in [9.17, 15) is 24.0 Å². The van der Waals surface area contributed by atoms with Gasteiger partial charge in [0.05, 0.1) is 18.2 Å². The predicted octanol–water partition coefficient (Wildman–Crippen LogP) is 0.834. The van der Waals surface area contributed by atoms with E-state index in [2.05, 4.69) is 36.8 Å². The van der Waals surface area contributed by atoms with Gasteiger partial charge in [0.25, 0.3) is 17.7 Å². The molecular weight excluding hydrogens is 462 g/mol. The third kappa shape index (κ3) is 3.14. The summed E-state index contributed by atoms with van der Waals surface area (Å²) in [5, 5.41) is 11.1. The van der Waals surface area contributed by atoms with Crippen LogP contribution >= 0.6 is 15.9 Å². The van der Waals surface area contributed by atoms with E-state index in [-0.39, 0.29) is 41.2 Å². The van der Waals surface area contributed by atoms with E-state index in [1.54, 1.807) is 0 Å². The van der Waals surface area contributed by atoms with Crippen LogP contribution in [0.5, 0.6) is 5.88 Å². The third-order valence-electron chi connectivity index (χ3n) is 4.79. The van der Waals surface area contributed by atoms with E-state index in [0.717, 1.165) is 4.90 Å². The molecule has 3 heterocycles. The van der Waals surface area contributed by atoms with Crippen LogP contribution in [0, 0.1) is 0 Å². The Kier molecular flexibility index (Phi) is 4.86. The number of ether oxygens (including phenoxy) is 1. The van der Waals surface area contributed by atoms with Gasteiger partial charge in [0.2, 0.25) is 17.7 Å². The van der Waals surface area contributed by atoms with Crippen molar-refractivity contribution in [1.29, 1.82) is 0 Å². The number of piperidine rings is 1. The Morgan fingerprint density at radius 1 is 1.23 bits per heavy atom. The van der Waals surface area contributed by atoms with Gasteiger partial charge in [0.1, 0.15) is 16.2 Å². The van der Waals surface area contributed by atoms with Crippen molar-refractivity contribution >= 4 is 51.2 Å². The number of methoxy groups -OCH3 is 1. The number of nitrogens with zero attached hydrogens (tertiary/aromatic N) is 2. The van der Waals surface area contributed by atoms with E-state index >= 15 is 0 Å². The second-order valence-corrected chi connectivity index (χ2v) is 7.38. The summed E-state index contributed by atoms with van der Waals surface area (Å²) in [6, 6.07) is 3.18. The van der Waals surface area contributed by atoms with Gasteiger partial charge in [0, 0.05) is 12.1 Å². The highest BCUT2D eigenvalue weighted by atomic mass is 79.9. The molecule has 12 heteroatoms. The molecular formula is C18H14BrN5O6. The lowest BCUT2D eigenvalue weighted by Gasteiger charge is -2.27. The highest BCUT2D eigenvalue weighted by Crippen LogP contribution is 2.30. The standard InChI is InChI=1S/C18H14BrN5O6/c1-30-16-12(19)13(22-23-16)15(27)20-7-2-3-8-9(6-7)18(29)24(17(8)28)10-4-5-11(25)21-14(10)26/h2-3,6,10H,4-5H2,1H3,(H,20,27)(H,22,23)(H,21,25,26). The number of imide groups is 2. The van der Waals surface area contributed by atoms with Crippen molar-refractivity contribution in [3.8, 4) is 5.88 Å². The highest BCUT2D eigenvalue weighted by Gasteiger charge is 2.44. The molecule has 1 aromatic carbocycles. The SMILES string of the molecule is COc1n[nH]c(C(=O)Nc2ccc3c(c2)C(=O)N(C2CCC(=O)NC2=O)C3=O)c1Br. The molecule has 154 valence electrons. The average molecular weight is 476 g/mol. The molecule has 0 radical (unpaired) electrons. The Bertz CT molecular complexity index is 1130. The van der Waals surface area contributed by atoms with Crippen molar-refractivity contribution in [3.63, 3.8) is 0 Å². The van der Waals surface area contributed by atoms with Crippen molar-refractivity contribution in [2.45, 2.75) is 18.9 Å². The molecule has 2 aliphatic heterocycles. The number of H-pyrrole nitrogens is 1. The zero-order valence-electron chi connectivity index (χ0n) is 15.4. The number of aromatic amines is 1. The van der Waals surface area contributed by atoms with Crippen molar-refractivity contribution in [2.75, 3.05) is 12.4 Å². The number of amides is 5. The first-order valence-electron chi connectivity index (χ1n) is 8.76. The van der Waals surface area contributed by atoms with Gasteiger partial charge < -0.3 is 10.1 Å². The number of hydrogen-bond donors (Lipinski definition) is 3. The molecule has 5 amide bonds. The quantitative estimate of drug-likeness (QED) is 0.554. The van der Waals surface area contributed by atoms with Crippen LogP contribution in [-0.4, -0.2) is 57.8 Å². The van der Waals surface area contributed by atoms with Gasteiger partial charge in [-0.25, -0.2) is 0 Å². The number of benzene rings is 1. The Labute approximate surface area is 177 Å². The lowest BCUT2D eigenvalue weighted by atomic mass is 10.0. The Morgan fingerprint density at radius 2 is 1.97 bits per heavy atom. The largest absolute Gasteiger partial charge is 0.479 e. The third-order valence-corrected chi connectivity index (χ3v) is 5.53. The minimum atomic E-state index is -1.05. The lowest BCUT2D eigenvalue weighted by Crippen LogP contribution is -2.54. The summed E-state index contributed by atoms with van der Waals surface area (Å²) >= 11 is 3.21. The number of nitrogens with one attached hydrogen (secondary N) is 3. The lowest BCUT2D eigenvalue weighted by molar-refractivity contribution is -0.136. The Morgan fingerprint density at radius 3 is 2.63 bits per heavy atom. The maximum Gasteiger partial charge on any atom is 0.274 e. The summed E-state index contributed by atoms with van der Waals surface area (Å²) in [4.78, 5) is 62.3. The van der Waals surface area contributed by atoms with Crippen LogP contribution in [0.2, 0.25) is 0 Å². The number of hydrogen-bond acceptors (Lipinski definition) is 7. The summed E-state index contributed by atoms with van der Waals surface area (Å²) < 4.78 is 5.32. The molecule has 1 fully saturated rings. The van der Waals surface area contributed by atoms with Crippen molar-refractivity contribution in [2.24, 2.45) is 0 Å². The number of aromatic nitrogens is 2. The number of carbonyl (C=O) groups is 5. The molecule has 11 nitrogen and oxygen atoms in total. The molecule has 0 spiro atoms. The molecule has 2 aromatic rings. The van der Waals surface area contributed by atoms with Gasteiger partial charge in [0.15, 0.2) is 0 Å². The fraction of sp³-hybridized carbons (Fsp3) is 0.222. The summed E-state index contributed by atoms with van der Waals surface area (Å²) in [5.41, 5.74) is 0.557. The summed E-state index contributed by atoms with van der Waals surface area (Å²) in [5.74, 6) is -2.76. The van der Waals surface area contributed by atoms with Crippen molar-refractivity contribution < 1.29 is 28.7 Å². The second-order valence-electron chi connectivity index (χ2n) is 6.58. The zero-order chi connectivity index (χ0) is 21.6. The summed E-state index contributed by atoms with van der Waals surface area (Å²) in [6.07, 6.45) is 0.100. The van der Waals surface area contributed by atoms with Crippen LogP contribution < -0.4 is 15.4 Å². The minimum Gasteiger partial charge on any atom is -0.479 e. The normalized spacial score (nSPS) is 18.3. The van der Waals surface area contributed by atoms with Crippen molar-refractivity contribution in [3.05, 3.63) is 39.5 Å². The summed E-state index contributed by atoms with van der Waals surface area (Å²) in [6.45, 7) is 0. The van der Waals surface area contributed by atoms with Gasteiger partial charge >= 0.3 is 0 Å². The molecule has 1 aromatic heterocycles. The maximum absolute atomic E-state index is 12.8. The molecule has 3 N–H and O–H groups in total. The fourth-order valence-corrected chi connectivity index (χ4v) is 3.86. The number of carbonyl (C=O) groups excluding carboxylic acids is 5. The van der Waals surface area contributed by atoms with Gasteiger partial charge in [-0.2, -0.15) is 0 Å². The minimum absolute atomic E-state index is 0.0354. The van der Waals surface area contributed by atoms with E-state index in [4.69, 9.17) is 4.74 Å². The number of fused-ring (bicyclic) bond motifs is 1. The Hall–Kier alpha value is -3.54. The van der Waals surface area contributed by atoms with Crippen LogP contribution in [0.4, 0.5) is 5.69 Å². The van der Waals surface area contributed by atoms with E-state index in [1.165, 1.54) is 25.3 Å². The first-order chi connectivity index (χ1) is 14.3. The molecule has 1 unspecified atom stereocenters. The zero-order valence-corrected chi connectivity index (χ0v) is 17.0. The average Bonchev–Trinajstić information content (AvgIpc) is 3.20. The molecule has 2 aliphatic rings. The first-order valence-corrected chi connectivity index (χ1v) is 9.56. The number of anilines is 1. The van der Waals surface area contributed by atoms with Crippen LogP contribution in [0.15, 0.2) is 22.7 Å². The van der Waals surface area contributed by atoms with Gasteiger partial charge in [-0.05, 0) is 40.5 Å².